The predicted octanol–water partition coefficient (Wildman–Crippen LogP) is 1.85. The van der Waals surface area contributed by atoms with E-state index in [1.165, 1.54) is 0 Å². The van der Waals surface area contributed by atoms with Crippen molar-refractivity contribution in [3.63, 3.8) is 0 Å². The van der Waals surface area contributed by atoms with Gasteiger partial charge in [0.2, 0.25) is 10.0 Å². The molecule has 96 valence electrons. The Bertz CT molecular complexity index is 475. The molecule has 0 aliphatic rings. The van der Waals surface area contributed by atoms with Crippen LogP contribution in [0.4, 0.5) is 5.69 Å². The lowest BCUT2D eigenvalue weighted by molar-refractivity contribution is 0.146. The molecule has 1 N–H and O–H groups in total. The lowest BCUT2D eigenvalue weighted by Gasteiger charge is -2.09. The van der Waals surface area contributed by atoms with Crippen molar-refractivity contribution < 1.29 is 17.9 Å². The number of methoxy groups -OCH3 is 1. The molecule has 1 aromatic rings. The Morgan fingerprint density at radius 2 is 2.00 bits per heavy atom. The summed E-state index contributed by atoms with van der Waals surface area (Å²) in [6, 6.07) is 5.02. The summed E-state index contributed by atoms with van der Waals surface area (Å²) >= 11 is 3.28. The fourth-order valence-electron chi connectivity index (χ4n) is 1.16. The largest absolute Gasteiger partial charge is 0.491 e. The van der Waals surface area contributed by atoms with Crippen molar-refractivity contribution in [3.8, 4) is 5.75 Å². The highest BCUT2D eigenvalue weighted by Crippen LogP contribution is 2.25. The number of ether oxygens (including phenoxy) is 2. The van der Waals surface area contributed by atoms with Crippen molar-refractivity contribution in [2.24, 2.45) is 0 Å². The van der Waals surface area contributed by atoms with Gasteiger partial charge < -0.3 is 9.47 Å². The van der Waals surface area contributed by atoms with Gasteiger partial charge in [-0.3, -0.25) is 4.72 Å². The average Bonchev–Trinajstić information content (AvgIpc) is 2.14. The Kier molecular flexibility index (Phi) is 5.23. The van der Waals surface area contributed by atoms with Gasteiger partial charge in [-0.25, -0.2) is 8.42 Å². The molecule has 0 spiro atoms. The molecule has 0 amide bonds. The maximum absolute atomic E-state index is 11.1. The summed E-state index contributed by atoms with van der Waals surface area (Å²) in [5.41, 5.74) is 0.453. The molecular formula is C10H14BrNO4S. The first-order chi connectivity index (χ1) is 7.90. The summed E-state index contributed by atoms with van der Waals surface area (Å²) < 4.78 is 35.6. The van der Waals surface area contributed by atoms with Crippen LogP contribution in [0.5, 0.6) is 5.75 Å². The minimum Gasteiger partial charge on any atom is -0.491 e. The fraction of sp³-hybridized carbons (Fsp3) is 0.400. The molecule has 0 fully saturated rings. The van der Waals surface area contributed by atoms with Gasteiger partial charge >= 0.3 is 0 Å². The zero-order chi connectivity index (χ0) is 12.9. The summed E-state index contributed by atoms with van der Waals surface area (Å²) in [6.45, 7) is 0.882. The first-order valence-electron chi connectivity index (χ1n) is 4.81. The van der Waals surface area contributed by atoms with Crippen LogP contribution in [0.25, 0.3) is 0 Å². The highest BCUT2D eigenvalue weighted by Gasteiger charge is 2.05. The van der Waals surface area contributed by atoms with Gasteiger partial charge in [-0.2, -0.15) is 0 Å². The van der Waals surface area contributed by atoms with E-state index in [2.05, 4.69) is 20.7 Å². The second kappa shape index (κ2) is 6.23. The maximum atomic E-state index is 11.1. The zero-order valence-corrected chi connectivity index (χ0v) is 12.0. The van der Waals surface area contributed by atoms with Gasteiger partial charge in [0.1, 0.15) is 12.4 Å². The third-order valence-corrected chi connectivity index (χ3v) is 2.80. The molecule has 5 nitrogen and oxygen atoms in total. The van der Waals surface area contributed by atoms with E-state index in [4.69, 9.17) is 9.47 Å². The lowest BCUT2D eigenvalue weighted by atomic mass is 10.3. The van der Waals surface area contributed by atoms with Crippen LogP contribution >= 0.6 is 15.9 Å². The zero-order valence-electron chi connectivity index (χ0n) is 9.57. The molecule has 0 saturated heterocycles. The van der Waals surface area contributed by atoms with Crippen molar-refractivity contribution in [1.29, 1.82) is 0 Å². The number of hydrogen-bond acceptors (Lipinski definition) is 4. The number of sulfonamides is 1. The number of halogens is 1. The Hall–Kier alpha value is -0.790. The van der Waals surface area contributed by atoms with E-state index >= 15 is 0 Å². The standard InChI is InChI=1S/C10H14BrNO4S/c1-15-3-4-16-10-6-8(11)5-9(7-10)12-17(2,13)14/h5-7,12H,3-4H2,1-2H3. The topological polar surface area (TPSA) is 64.6 Å². The van der Waals surface area contributed by atoms with Crippen LogP contribution in [0.15, 0.2) is 22.7 Å². The summed E-state index contributed by atoms with van der Waals surface area (Å²) in [5, 5.41) is 0. The molecule has 17 heavy (non-hydrogen) atoms. The van der Waals surface area contributed by atoms with E-state index in [1.54, 1.807) is 25.3 Å². The quantitative estimate of drug-likeness (QED) is 0.811. The Labute approximate surface area is 109 Å². The molecule has 0 unspecified atom stereocenters. The SMILES string of the molecule is COCCOc1cc(Br)cc(NS(C)(=O)=O)c1. The first kappa shape index (κ1) is 14.3. The summed E-state index contributed by atoms with van der Waals surface area (Å²) in [7, 11) is -1.70. The summed E-state index contributed by atoms with van der Waals surface area (Å²) in [5.74, 6) is 0.572. The lowest BCUT2D eigenvalue weighted by Crippen LogP contribution is -2.10. The van der Waals surface area contributed by atoms with Crippen molar-refractivity contribution in [2.75, 3.05) is 31.3 Å². The molecular weight excluding hydrogens is 310 g/mol. The molecule has 1 aromatic carbocycles. The van der Waals surface area contributed by atoms with Crippen LogP contribution in [0.2, 0.25) is 0 Å². The van der Waals surface area contributed by atoms with Crippen LogP contribution in [0.1, 0.15) is 0 Å². The predicted molar refractivity (Wildman–Crippen MR) is 70.0 cm³/mol. The third-order valence-electron chi connectivity index (χ3n) is 1.73. The monoisotopic (exact) mass is 323 g/mol. The normalized spacial score (nSPS) is 11.2. The Morgan fingerprint density at radius 1 is 1.29 bits per heavy atom. The molecule has 0 heterocycles. The molecule has 1 rings (SSSR count). The molecule has 0 aromatic heterocycles. The second-order valence-electron chi connectivity index (χ2n) is 3.39. The number of anilines is 1. The van der Waals surface area contributed by atoms with E-state index in [9.17, 15) is 8.42 Å². The Morgan fingerprint density at radius 3 is 2.59 bits per heavy atom. The number of benzene rings is 1. The van der Waals surface area contributed by atoms with Crippen LogP contribution in [-0.4, -0.2) is 35.0 Å². The van der Waals surface area contributed by atoms with Crippen molar-refractivity contribution in [2.45, 2.75) is 0 Å². The van der Waals surface area contributed by atoms with Crippen LogP contribution in [0.3, 0.4) is 0 Å². The van der Waals surface area contributed by atoms with E-state index in [0.717, 1.165) is 10.7 Å². The van der Waals surface area contributed by atoms with E-state index in [-0.39, 0.29) is 0 Å². The maximum Gasteiger partial charge on any atom is 0.229 e. The molecule has 0 saturated carbocycles. The van der Waals surface area contributed by atoms with Gasteiger partial charge in [0.15, 0.2) is 0 Å². The van der Waals surface area contributed by atoms with Gasteiger partial charge in [-0.1, -0.05) is 15.9 Å². The molecule has 0 atom stereocenters. The van der Waals surface area contributed by atoms with Crippen molar-refractivity contribution in [1.82, 2.24) is 0 Å². The third kappa shape index (κ3) is 5.90. The second-order valence-corrected chi connectivity index (χ2v) is 6.06. The van der Waals surface area contributed by atoms with Gasteiger partial charge in [-0.15, -0.1) is 0 Å². The van der Waals surface area contributed by atoms with E-state index in [1.807, 2.05) is 0 Å². The van der Waals surface area contributed by atoms with E-state index in [0.29, 0.717) is 24.7 Å². The van der Waals surface area contributed by atoms with Gasteiger partial charge in [0.05, 0.1) is 18.6 Å². The van der Waals surface area contributed by atoms with E-state index < -0.39 is 10.0 Å². The summed E-state index contributed by atoms with van der Waals surface area (Å²) in [4.78, 5) is 0. The average molecular weight is 324 g/mol. The highest BCUT2D eigenvalue weighted by molar-refractivity contribution is 9.10. The van der Waals surface area contributed by atoms with Crippen molar-refractivity contribution >= 4 is 31.6 Å². The minimum atomic E-state index is -3.29. The number of nitrogens with one attached hydrogen (secondary N) is 1. The number of rotatable bonds is 6. The van der Waals surface area contributed by atoms with Crippen molar-refractivity contribution in [3.05, 3.63) is 22.7 Å². The number of hydrogen-bond donors (Lipinski definition) is 1. The molecule has 0 aliphatic heterocycles. The molecule has 0 aliphatic carbocycles. The van der Waals surface area contributed by atoms with Crippen LogP contribution in [-0.2, 0) is 14.8 Å². The molecule has 0 radical (unpaired) electrons. The smallest absolute Gasteiger partial charge is 0.229 e. The molecule has 0 bridgehead atoms. The van der Waals surface area contributed by atoms with Gasteiger partial charge in [0, 0.05) is 17.6 Å². The van der Waals surface area contributed by atoms with Crippen LogP contribution in [0, 0.1) is 0 Å². The Balaban J connectivity index is 2.79. The summed E-state index contributed by atoms with van der Waals surface area (Å²) in [6.07, 6.45) is 1.10. The van der Waals surface area contributed by atoms with Gasteiger partial charge in [-0.05, 0) is 12.1 Å². The van der Waals surface area contributed by atoms with Crippen LogP contribution < -0.4 is 9.46 Å². The first-order valence-corrected chi connectivity index (χ1v) is 7.49. The molecule has 7 heteroatoms. The highest BCUT2D eigenvalue weighted by atomic mass is 79.9. The minimum absolute atomic E-state index is 0.408. The fourth-order valence-corrected chi connectivity index (χ4v) is 2.18. The van der Waals surface area contributed by atoms with Gasteiger partial charge in [0.25, 0.3) is 0 Å².